The Hall–Kier alpha value is 0.560. The summed E-state index contributed by atoms with van der Waals surface area (Å²) in [7, 11) is 0. The summed E-state index contributed by atoms with van der Waals surface area (Å²) in [6.07, 6.45) is 8.30. The van der Waals surface area contributed by atoms with E-state index in [1.807, 2.05) is 0 Å². The van der Waals surface area contributed by atoms with Gasteiger partial charge < -0.3 is 0 Å². The second-order valence-corrected chi connectivity index (χ2v) is 1.31. The summed E-state index contributed by atoms with van der Waals surface area (Å²) < 4.78 is 0. The van der Waals surface area contributed by atoms with Crippen LogP contribution in [0.25, 0.3) is 0 Å². The standard InChI is InChI=1S/C6H10.Na.H/c1-3-5-6-4-2;;/h1H,4-6H2,2H3;;. The van der Waals surface area contributed by atoms with Crippen molar-refractivity contribution in [2.45, 2.75) is 26.2 Å². The van der Waals surface area contributed by atoms with E-state index >= 15 is 0 Å². The van der Waals surface area contributed by atoms with Crippen LogP contribution in [-0.4, -0.2) is 29.6 Å². The zero-order chi connectivity index (χ0) is 4.83. The van der Waals surface area contributed by atoms with Gasteiger partial charge in [-0.1, -0.05) is 13.3 Å². The number of hydrogen-bond donors (Lipinski definition) is 0. The summed E-state index contributed by atoms with van der Waals surface area (Å²) in [5.41, 5.74) is 0. The molecule has 1 heteroatoms. The molecule has 0 atom stereocenters. The Bertz CT molecular complexity index is 51.7. The summed E-state index contributed by atoms with van der Waals surface area (Å²) in [5, 5.41) is 0. The Kier molecular flexibility index (Phi) is 14.7. The van der Waals surface area contributed by atoms with Gasteiger partial charge in [0.25, 0.3) is 0 Å². The monoisotopic (exact) mass is 106 g/mol. The quantitative estimate of drug-likeness (QED) is 0.281. The fourth-order valence-electron chi connectivity index (χ4n) is 0.279. The van der Waals surface area contributed by atoms with Crippen LogP contribution >= 0.6 is 0 Å². The molecule has 7 heavy (non-hydrogen) atoms. The van der Waals surface area contributed by atoms with Crippen LogP contribution in [0.1, 0.15) is 26.2 Å². The number of hydrogen-bond acceptors (Lipinski definition) is 0. The van der Waals surface area contributed by atoms with Gasteiger partial charge >= 0.3 is 29.6 Å². The third-order valence-corrected chi connectivity index (χ3v) is 0.675. The van der Waals surface area contributed by atoms with Crippen LogP contribution in [-0.2, 0) is 0 Å². The van der Waals surface area contributed by atoms with E-state index in [1.165, 1.54) is 12.8 Å². The molecule has 0 radical (unpaired) electrons. The van der Waals surface area contributed by atoms with E-state index in [2.05, 4.69) is 12.8 Å². The predicted octanol–water partition coefficient (Wildman–Crippen LogP) is 1.16. The van der Waals surface area contributed by atoms with Gasteiger partial charge in [-0.2, -0.15) is 0 Å². The van der Waals surface area contributed by atoms with Gasteiger partial charge in [0.2, 0.25) is 0 Å². The Morgan fingerprint density at radius 2 is 2.14 bits per heavy atom. The van der Waals surface area contributed by atoms with E-state index in [4.69, 9.17) is 6.42 Å². The van der Waals surface area contributed by atoms with E-state index in [-0.39, 0.29) is 29.6 Å². The van der Waals surface area contributed by atoms with E-state index in [1.54, 1.807) is 0 Å². The molecule has 36 valence electrons. The van der Waals surface area contributed by atoms with Gasteiger partial charge in [-0.05, 0) is 6.42 Å². The molecule has 0 nitrogen and oxygen atoms in total. The molecule has 0 saturated carbocycles. The molecule has 0 aromatic carbocycles. The molecule has 0 aromatic heterocycles. The molecule has 0 saturated heterocycles. The number of rotatable bonds is 2. The Morgan fingerprint density at radius 1 is 1.57 bits per heavy atom. The molecule has 0 spiro atoms. The van der Waals surface area contributed by atoms with Crippen LogP contribution in [0.4, 0.5) is 0 Å². The van der Waals surface area contributed by atoms with Crippen molar-refractivity contribution in [1.29, 1.82) is 0 Å². The maximum atomic E-state index is 4.96. The average Bonchev–Trinajstić information content (AvgIpc) is 1.61. The molecule has 0 aliphatic heterocycles. The van der Waals surface area contributed by atoms with Crippen LogP contribution in [0.5, 0.6) is 0 Å². The zero-order valence-corrected chi connectivity index (χ0v) is 4.20. The number of unbranched alkanes of at least 4 members (excludes halogenated alkanes) is 2. The summed E-state index contributed by atoms with van der Waals surface area (Å²) in [4.78, 5) is 0. The summed E-state index contributed by atoms with van der Waals surface area (Å²) in [6, 6.07) is 0. The van der Waals surface area contributed by atoms with Crippen molar-refractivity contribution in [2.24, 2.45) is 0 Å². The second kappa shape index (κ2) is 9.75. The molecule has 0 aliphatic rings. The fraction of sp³-hybridized carbons (Fsp3) is 0.667. The van der Waals surface area contributed by atoms with Gasteiger partial charge in [-0.25, -0.2) is 0 Å². The molecular weight excluding hydrogens is 95.1 g/mol. The van der Waals surface area contributed by atoms with E-state index in [0.717, 1.165) is 6.42 Å². The van der Waals surface area contributed by atoms with E-state index in [9.17, 15) is 0 Å². The van der Waals surface area contributed by atoms with Crippen LogP contribution < -0.4 is 0 Å². The van der Waals surface area contributed by atoms with Crippen molar-refractivity contribution in [3.63, 3.8) is 0 Å². The summed E-state index contributed by atoms with van der Waals surface area (Å²) in [5.74, 6) is 2.57. The molecule has 0 aromatic rings. The predicted molar refractivity (Wildman–Crippen MR) is 35.5 cm³/mol. The first-order valence-electron chi connectivity index (χ1n) is 2.35. The third-order valence-electron chi connectivity index (χ3n) is 0.675. The third kappa shape index (κ3) is 10.8. The van der Waals surface area contributed by atoms with Crippen molar-refractivity contribution >= 4 is 29.6 Å². The first kappa shape index (κ1) is 10.5. The topological polar surface area (TPSA) is 0 Å². The first-order chi connectivity index (χ1) is 2.91. The molecular formula is C6H11Na. The maximum absolute atomic E-state index is 4.96. The van der Waals surface area contributed by atoms with Gasteiger partial charge in [0, 0.05) is 6.42 Å². The van der Waals surface area contributed by atoms with Crippen molar-refractivity contribution in [3.05, 3.63) is 0 Å². The fourth-order valence-corrected chi connectivity index (χ4v) is 0.279. The first-order valence-corrected chi connectivity index (χ1v) is 2.35. The zero-order valence-electron chi connectivity index (χ0n) is 4.20. The molecule has 0 fully saturated rings. The van der Waals surface area contributed by atoms with Gasteiger partial charge in [-0.3, -0.25) is 0 Å². The summed E-state index contributed by atoms with van der Waals surface area (Å²) >= 11 is 0. The van der Waals surface area contributed by atoms with Crippen molar-refractivity contribution in [2.75, 3.05) is 0 Å². The van der Waals surface area contributed by atoms with Crippen LogP contribution in [0.15, 0.2) is 0 Å². The normalized spacial score (nSPS) is 6.29. The molecule has 0 N–H and O–H groups in total. The second-order valence-electron chi connectivity index (χ2n) is 1.31. The summed E-state index contributed by atoms with van der Waals surface area (Å²) in [6.45, 7) is 2.14. The minimum absolute atomic E-state index is 0. The molecule has 0 rings (SSSR count). The molecule has 0 unspecified atom stereocenters. The van der Waals surface area contributed by atoms with Crippen LogP contribution in [0, 0.1) is 12.3 Å². The Balaban J connectivity index is 0. The Morgan fingerprint density at radius 3 is 2.29 bits per heavy atom. The molecule has 0 heterocycles. The average molecular weight is 106 g/mol. The van der Waals surface area contributed by atoms with Crippen LogP contribution in [0.3, 0.4) is 0 Å². The van der Waals surface area contributed by atoms with Gasteiger partial charge in [0.15, 0.2) is 0 Å². The van der Waals surface area contributed by atoms with Gasteiger partial charge in [0.1, 0.15) is 0 Å². The van der Waals surface area contributed by atoms with Crippen LogP contribution in [0.2, 0.25) is 0 Å². The molecule has 0 amide bonds. The van der Waals surface area contributed by atoms with Crippen molar-refractivity contribution < 1.29 is 0 Å². The van der Waals surface area contributed by atoms with E-state index in [0.29, 0.717) is 0 Å². The van der Waals surface area contributed by atoms with E-state index < -0.39 is 0 Å². The molecule has 0 bridgehead atoms. The van der Waals surface area contributed by atoms with Crippen molar-refractivity contribution in [3.8, 4) is 12.3 Å². The Labute approximate surface area is 68.0 Å². The SMILES string of the molecule is C#CCCCC.[NaH]. The minimum atomic E-state index is 0. The molecule has 0 aliphatic carbocycles. The van der Waals surface area contributed by atoms with Gasteiger partial charge in [0.05, 0.1) is 0 Å². The van der Waals surface area contributed by atoms with Gasteiger partial charge in [-0.15, -0.1) is 12.3 Å². The van der Waals surface area contributed by atoms with Crippen molar-refractivity contribution in [1.82, 2.24) is 0 Å². The number of terminal acetylenes is 1.